The van der Waals surface area contributed by atoms with Crippen molar-refractivity contribution < 1.29 is 13.6 Å². The van der Waals surface area contributed by atoms with E-state index in [1.807, 2.05) is 0 Å². The van der Waals surface area contributed by atoms with E-state index in [0.717, 1.165) is 0 Å². The molecule has 0 bridgehead atoms. The molecule has 0 radical (unpaired) electrons. The van der Waals surface area contributed by atoms with E-state index in [4.69, 9.17) is 27.6 Å². The molecule has 27 heavy (non-hydrogen) atoms. The molecule has 0 saturated carbocycles. The van der Waals surface area contributed by atoms with Crippen LogP contribution in [0.25, 0.3) is 22.6 Å². The Morgan fingerprint density at radius 3 is 2.56 bits per heavy atom. The Balaban J connectivity index is 1.66. The molecule has 0 aliphatic rings. The fourth-order valence-corrected chi connectivity index (χ4v) is 2.91. The lowest BCUT2D eigenvalue weighted by Gasteiger charge is -2.08. The average molecular weight is 401 g/mol. The maximum absolute atomic E-state index is 13.0. The van der Waals surface area contributed by atoms with Gasteiger partial charge in [0.2, 0.25) is 5.89 Å². The van der Waals surface area contributed by atoms with Crippen molar-refractivity contribution in [3.63, 3.8) is 0 Å². The van der Waals surface area contributed by atoms with Gasteiger partial charge in [-0.3, -0.25) is 4.79 Å². The molecule has 0 saturated heterocycles. The minimum Gasteiger partial charge on any atom is -0.436 e. The zero-order chi connectivity index (χ0) is 19.0. The summed E-state index contributed by atoms with van der Waals surface area (Å²) in [6.07, 6.45) is 0. The van der Waals surface area contributed by atoms with Crippen LogP contribution >= 0.6 is 23.2 Å². The first-order valence-corrected chi connectivity index (χ1v) is 8.68. The zero-order valence-electron chi connectivity index (χ0n) is 13.7. The van der Waals surface area contributed by atoms with Crippen molar-refractivity contribution in [2.24, 2.45) is 0 Å². The number of anilines is 1. The van der Waals surface area contributed by atoms with Crippen LogP contribution in [-0.2, 0) is 0 Å². The van der Waals surface area contributed by atoms with Crippen molar-refractivity contribution in [1.29, 1.82) is 0 Å². The zero-order valence-corrected chi connectivity index (χ0v) is 15.2. The smallest absolute Gasteiger partial charge is 0.255 e. The summed E-state index contributed by atoms with van der Waals surface area (Å²) in [6.45, 7) is 0. The second kappa shape index (κ2) is 7.02. The molecule has 7 heteroatoms. The molecular weight excluding hydrogens is 390 g/mol. The van der Waals surface area contributed by atoms with Crippen molar-refractivity contribution in [3.05, 3.63) is 82.1 Å². The van der Waals surface area contributed by atoms with E-state index >= 15 is 0 Å². The standard InChI is InChI=1S/C20H11Cl2FN2O2/c21-13-4-8-18-17(10-13)25-20(27-18)12-3-7-15(22)16(9-12)24-19(26)11-1-5-14(23)6-2-11/h1-10H,(H,24,26). The Morgan fingerprint density at radius 1 is 1.00 bits per heavy atom. The monoisotopic (exact) mass is 400 g/mol. The second-order valence-electron chi connectivity index (χ2n) is 5.79. The molecule has 1 heterocycles. The quantitative estimate of drug-likeness (QED) is 0.445. The Hall–Kier alpha value is -2.89. The highest BCUT2D eigenvalue weighted by atomic mass is 35.5. The number of rotatable bonds is 3. The van der Waals surface area contributed by atoms with E-state index in [9.17, 15) is 9.18 Å². The third kappa shape index (κ3) is 3.65. The van der Waals surface area contributed by atoms with Crippen LogP contribution in [0, 0.1) is 5.82 Å². The van der Waals surface area contributed by atoms with E-state index in [1.54, 1.807) is 36.4 Å². The third-order valence-electron chi connectivity index (χ3n) is 3.92. The number of carbonyl (C=O) groups is 1. The number of hydrogen-bond acceptors (Lipinski definition) is 3. The number of carbonyl (C=O) groups excluding carboxylic acids is 1. The SMILES string of the molecule is O=C(Nc1cc(-c2nc3cc(Cl)ccc3o2)ccc1Cl)c1ccc(F)cc1. The number of amides is 1. The molecule has 1 aromatic heterocycles. The van der Waals surface area contributed by atoms with Crippen molar-refractivity contribution >= 4 is 45.9 Å². The fraction of sp³-hybridized carbons (Fsp3) is 0. The molecule has 4 nitrogen and oxygen atoms in total. The number of halogens is 3. The van der Waals surface area contributed by atoms with Gasteiger partial charge in [0.25, 0.3) is 5.91 Å². The number of nitrogens with one attached hydrogen (secondary N) is 1. The van der Waals surface area contributed by atoms with Crippen molar-refractivity contribution in [1.82, 2.24) is 4.98 Å². The summed E-state index contributed by atoms with van der Waals surface area (Å²) in [5.74, 6) is -0.442. The van der Waals surface area contributed by atoms with Crippen molar-refractivity contribution in [3.8, 4) is 11.5 Å². The average Bonchev–Trinajstić information content (AvgIpc) is 3.07. The van der Waals surface area contributed by atoms with Gasteiger partial charge in [-0.05, 0) is 60.7 Å². The number of aromatic nitrogens is 1. The van der Waals surface area contributed by atoms with E-state index in [-0.39, 0.29) is 0 Å². The first kappa shape index (κ1) is 17.5. The van der Waals surface area contributed by atoms with E-state index in [2.05, 4.69) is 10.3 Å². The summed E-state index contributed by atoms with van der Waals surface area (Å²) in [4.78, 5) is 16.8. The van der Waals surface area contributed by atoms with Gasteiger partial charge in [-0.1, -0.05) is 23.2 Å². The summed E-state index contributed by atoms with van der Waals surface area (Å²) in [7, 11) is 0. The minimum atomic E-state index is -0.414. The van der Waals surface area contributed by atoms with Crippen molar-refractivity contribution in [2.75, 3.05) is 5.32 Å². The van der Waals surface area contributed by atoms with Gasteiger partial charge in [0, 0.05) is 16.1 Å². The molecule has 1 N–H and O–H groups in total. The van der Waals surface area contributed by atoms with Gasteiger partial charge in [-0.25, -0.2) is 9.37 Å². The summed E-state index contributed by atoms with van der Waals surface area (Å²) >= 11 is 12.2. The van der Waals surface area contributed by atoms with Gasteiger partial charge in [-0.2, -0.15) is 0 Å². The van der Waals surface area contributed by atoms with Gasteiger partial charge < -0.3 is 9.73 Å². The lowest BCUT2D eigenvalue weighted by Crippen LogP contribution is -2.12. The number of nitrogens with zero attached hydrogens (tertiary/aromatic N) is 1. The molecule has 1 amide bonds. The van der Waals surface area contributed by atoms with Crippen LogP contribution in [0.5, 0.6) is 0 Å². The molecule has 4 rings (SSSR count). The maximum atomic E-state index is 13.0. The first-order chi connectivity index (χ1) is 13.0. The molecule has 0 aliphatic heterocycles. The van der Waals surface area contributed by atoms with E-state index < -0.39 is 11.7 Å². The highest BCUT2D eigenvalue weighted by Crippen LogP contribution is 2.31. The van der Waals surface area contributed by atoms with Crippen LogP contribution < -0.4 is 5.32 Å². The number of benzene rings is 3. The summed E-state index contributed by atoms with van der Waals surface area (Å²) in [6, 6.07) is 15.4. The number of hydrogen-bond donors (Lipinski definition) is 1. The number of fused-ring (bicyclic) bond motifs is 1. The van der Waals surface area contributed by atoms with E-state index in [1.165, 1.54) is 24.3 Å². The molecule has 3 aromatic carbocycles. The Morgan fingerprint density at radius 2 is 1.78 bits per heavy atom. The van der Waals surface area contributed by atoms with E-state index in [0.29, 0.717) is 43.9 Å². The van der Waals surface area contributed by atoms with Crippen LogP contribution in [0.2, 0.25) is 10.0 Å². The lowest BCUT2D eigenvalue weighted by atomic mass is 10.1. The molecule has 0 unspecified atom stereocenters. The molecule has 0 spiro atoms. The molecule has 134 valence electrons. The van der Waals surface area contributed by atoms with Crippen molar-refractivity contribution in [2.45, 2.75) is 0 Å². The van der Waals surface area contributed by atoms with Gasteiger partial charge >= 0.3 is 0 Å². The second-order valence-corrected chi connectivity index (χ2v) is 6.63. The summed E-state index contributed by atoms with van der Waals surface area (Å²) in [5, 5.41) is 3.63. The lowest BCUT2D eigenvalue weighted by molar-refractivity contribution is 0.102. The Bertz CT molecular complexity index is 1160. The van der Waals surface area contributed by atoms with Crippen LogP contribution in [0.3, 0.4) is 0 Å². The summed E-state index contributed by atoms with van der Waals surface area (Å²) < 4.78 is 18.8. The van der Waals surface area contributed by atoms with Gasteiger partial charge in [0.05, 0.1) is 10.7 Å². The van der Waals surface area contributed by atoms with Crippen LogP contribution in [0.15, 0.2) is 65.1 Å². The normalized spacial score (nSPS) is 10.9. The van der Waals surface area contributed by atoms with Crippen LogP contribution in [-0.4, -0.2) is 10.9 Å². The highest BCUT2D eigenvalue weighted by Gasteiger charge is 2.13. The van der Waals surface area contributed by atoms with Gasteiger partial charge in [-0.15, -0.1) is 0 Å². The Labute approximate surface area is 163 Å². The third-order valence-corrected chi connectivity index (χ3v) is 4.48. The Kier molecular flexibility index (Phi) is 4.56. The molecular formula is C20H11Cl2FN2O2. The van der Waals surface area contributed by atoms with Crippen LogP contribution in [0.4, 0.5) is 10.1 Å². The largest absolute Gasteiger partial charge is 0.436 e. The molecule has 0 fully saturated rings. The fourth-order valence-electron chi connectivity index (χ4n) is 2.57. The molecule has 4 aromatic rings. The minimum absolute atomic E-state index is 0.314. The molecule has 0 atom stereocenters. The van der Waals surface area contributed by atoms with Crippen LogP contribution in [0.1, 0.15) is 10.4 Å². The predicted molar refractivity (Wildman–Crippen MR) is 104 cm³/mol. The highest BCUT2D eigenvalue weighted by molar-refractivity contribution is 6.34. The van der Waals surface area contributed by atoms with Gasteiger partial charge in [0.1, 0.15) is 11.3 Å². The van der Waals surface area contributed by atoms with Gasteiger partial charge in [0.15, 0.2) is 5.58 Å². The maximum Gasteiger partial charge on any atom is 0.255 e. The predicted octanol–water partition coefficient (Wildman–Crippen LogP) is 6.19. The topological polar surface area (TPSA) is 55.1 Å². The summed E-state index contributed by atoms with van der Waals surface area (Å²) in [5.41, 5.74) is 2.57. The molecule has 0 aliphatic carbocycles. The number of oxazole rings is 1. The first-order valence-electron chi connectivity index (χ1n) is 7.92.